The Kier molecular flexibility index (Phi) is 22.4. The Morgan fingerprint density at radius 2 is 0.937 bits per heavy atom. The molecule has 0 saturated carbocycles. The average Bonchev–Trinajstić information content (AvgIpc) is 3.31. The van der Waals surface area contributed by atoms with Crippen LogP contribution >= 0.6 is 0 Å². The summed E-state index contributed by atoms with van der Waals surface area (Å²) in [6.07, 6.45) is 5.93. The fourth-order valence-corrected chi connectivity index (χ4v) is 6.68. The molecule has 0 N–H and O–H groups in total. The lowest BCUT2D eigenvalue weighted by atomic mass is 9.83. The van der Waals surface area contributed by atoms with Gasteiger partial charge in [0.15, 0.2) is 5.78 Å². The van der Waals surface area contributed by atoms with E-state index in [0.717, 1.165) is 36.1 Å². The third-order valence-electron chi connectivity index (χ3n) is 10.7. The molecule has 0 aliphatic carbocycles. The molecule has 0 spiro atoms. The molecule has 1 aromatic carbocycles. The highest BCUT2D eigenvalue weighted by atomic mass is 16.6. The van der Waals surface area contributed by atoms with Crippen molar-refractivity contribution in [2.24, 2.45) is 10.8 Å². The predicted molar refractivity (Wildman–Crippen MR) is 233 cm³/mol. The number of carbonyl (C=O) groups excluding carboxylic acids is 7. The largest absolute Gasteiger partial charge is 0.465 e. The van der Waals surface area contributed by atoms with Gasteiger partial charge in [-0.3, -0.25) is 19.4 Å². The Morgan fingerprint density at radius 3 is 1.27 bits per heavy atom. The smallest absolute Gasteiger partial charge is 0.330 e. The van der Waals surface area contributed by atoms with Gasteiger partial charge in [-0.15, -0.1) is 0 Å². The van der Waals surface area contributed by atoms with E-state index in [1.54, 1.807) is 0 Å². The normalized spacial score (nSPS) is 13.2. The number of hydrogen-bond donors (Lipinski definition) is 0. The summed E-state index contributed by atoms with van der Waals surface area (Å²) in [5.74, 6) is -4.68. The van der Waals surface area contributed by atoms with E-state index in [-0.39, 0.29) is 12.2 Å². The first-order valence-electron chi connectivity index (χ1n) is 20.5. The third kappa shape index (κ3) is 16.7. The molecule has 1 aliphatic heterocycles. The maximum Gasteiger partial charge on any atom is 0.330 e. The van der Waals surface area contributed by atoms with E-state index in [0.29, 0.717) is 51.1 Å². The molecule has 0 bridgehead atoms. The van der Waals surface area contributed by atoms with E-state index >= 15 is 0 Å². The number of piperazine rings is 1. The molecule has 63 heavy (non-hydrogen) atoms. The van der Waals surface area contributed by atoms with Crippen molar-refractivity contribution in [3.8, 4) is 0 Å². The van der Waals surface area contributed by atoms with E-state index in [4.69, 9.17) is 33.2 Å². The molecule has 346 valence electrons. The molecule has 17 nitrogen and oxygen atoms in total. The lowest BCUT2D eigenvalue weighted by Crippen LogP contribution is -2.50. The minimum Gasteiger partial charge on any atom is -0.465 e. The number of ketones is 1. The van der Waals surface area contributed by atoms with Crippen molar-refractivity contribution < 1.29 is 66.7 Å². The van der Waals surface area contributed by atoms with Crippen LogP contribution in [0, 0.1) is 10.8 Å². The van der Waals surface area contributed by atoms with Crippen molar-refractivity contribution in [3.63, 3.8) is 0 Å². The van der Waals surface area contributed by atoms with Gasteiger partial charge in [-0.1, -0.05) is 46.7 Å². The molecule has 1 aliphatic rings. The van der Waals surface area contributed by atoms with Gasteiger partial charge in [0.1, 0.15) is 39.6 Å². The Hall–Kier alpha value is -5.91. The number of anilines is 1. The van der Waals surface area contributed by atoms with Crippen LogP contribution in [0.25, 0.3) is 0 Å². The summed E-state index contributed by atoms with van der Waals surface area (Å²) in [5, 5.41) is 0. The van der Waals surface area contributed by atoms with Gasteiger partial charge in [-0.2, -0.15) is 0 Å². The predicted octanol–water partition coefficient (Wildman–Crippen LogP) is 3.68. The summed E-state index contributed by atoms with van der Waals surface area (Å²) in [6, 6.07) is 7.69. The Balaban J connectivity index is 2.21. The Bertz CT molecular complexity index is 1690. The number of carbonyl (C=O) groups is 7. The minimum absolute atomic E-state index is 0.00373. The van der Waals surface area contributed by atoms with Crippen LogP contribution in [0.15, 0.2) is 87.5 Å². The van der Waals surface area contributed by atoms with Gasteiger partial charge < -0.3 is 38.1 Å². The van der Waals surface area contributed by atoms with Crippen molar-refractivity contribution in [2.45, 2.75) is 38.6 Å². The maximum absolute atomic E-state index is 13.5. The molecule has 1 saturated heterocycles. The molecule has 0 amide bonds. The van der Waals surface area contributed by atoms with Crippen molar-refractivity contribution >= 4 is 47.3 Å². The number of rotatable bonds is 30. The molecule has 0 radical (unpaired) electrons. The van der Waals surface area contributed by atoms with Crippen LogP contribution in [0.2, 0.25) is 0 Å². The van der Waals surface area contributed by atoms with Gasteiger partial charge in [0.2, 0.25) is 0 Å². The summed E-state index contributed by atoms with van der Waals surface area (Å²) >= 11 is 0. The number of hydrogen-bond acceptors (Lipinski definition) is 17. The molecule has 1 aromatic rings. The average molecular weight is 882 g/mol. The highest BCUT2D eigenvalue weighted by molar-refractivity contribution is 6.03. The molecular weight excluding hydrogens is 819 g/mol. The maximum atomic E-state index is 13.5. The molecule has 2 rings (SSSR count). The van der Waals surface area contributed by atoms with E-state index in [1.165, 1.54) is 0 Å². The molecule has 0 atom stereocenters. The van der Waals surface area contributed by atoms with Crippen LogP contribution in [0.5, 0.6) is 0 Å². The number of ether oxygens (including phenoxy) is 7. The van der Waals surface area contributed by atoms with Crippen molar-refractivity contribution in [1.82, 2.24) is 9.80 Å². The molecule has 0 unspecified atom stereocenters. The molecular formula is C46H63N3O14. The number of Topliss-reactive ketones (excluding diaryl/α,β-unsaturated/α-hetero) is 1. The number of likely N-dealkylation sites (N-methyl/N-ethyl adjacent to an activating group) is 1. The van der Waals surface area contributed by atoms with Crippen LogP contribution in [0.1, 0.15) is 43.5 Å². The summed E-state index contributed by atoms with van der Waals surface area (Å²) in [7, 11) is 3.86. The first-order chi connectivity index (χ1) is 30.0. The summed E-state index contributed by atoms with van der Waals surface area (Å²) in [4.78, 5) is 93.9. The summed E-state index contributed by atoms with van der Waals surface area (Å²) < 4.78 is 38.3. The third-order valence-corrected chi connectivity index (χ3v) is 10.7. The topological polar surface area (TPSA) is 194 Å². The Labute approximate surface area is 370 Å². The van der Waals surface area contributed by atoms with Crippen LogP contribution in [0.4, 0.5) is 5.69 Å². The SMILES string of the molecule is C=CC(=O)OCC(COCC(COC(=O)C=C)(COC(=O)C=C)COC(=O)CCN1CCN(c2ccc(C(=O)C(CC)(CC)N(C)C)cc2)CC1)(COC(=O)C=C)COC(=O)C=C. The molecule has 1 fully saturated rings. The van der Waals surface area contributed by atoms with Gasteiger partial charge in [0, 0.05) is 74.4 Å². The first-order valence-corrected chi connectivity index (χ1v) is 20.5. The molecule has 1 heterocycles. The lowest BCUT2D eigenvalue weighted by molar-refractivity contribution is -0.170. The fourth-order valence-electron chi connectivity index (χ4n) is 6.68. The first kappa shape index (κ1) is 53.2. The van der Waals surface area contributed by atoms with Gasteiger partial charge in [0.25, 0.3) is 0 Å². The second-order valence-corrected chi connectivity index (χ2v) is 15.3. The van der Waals surface area contributed by atoms with Crippen LogP contribution in [0.3, 0.4) is 0 Å². The van der Waals surface area contributed by atoms with Gasteiger partial charge in [-0.05, 0) is 51.2 Å². The summed E-state index contributed by atoms with van der Waals surface area (Å²) in [6.45, 7) is 20.2. The number of esters is 6. The highest BCUT2D eigenvalue weighted by Gasteiger charge is 2.41. The molecule has 0 aromatic heterocycles. The zero-order chi connectivity index (χ0) is 47.1. The van der Waals surface area contributed by atoms with Gasteiger partial charge >= 0.3 is 35.8 Å². The van der Waals surface area contributed by atoms with Crippen LogP contribution in [-0.4, -0.2) is 157 Å². The number of benzene rings is 1. The van der Waals surface area contributed by atoms with E-state index in [1.807, 2.05) is 57.1 Å². The molecule has 17 heteroatoms. The van der Waals surface area contributed by atoms with Crippen molar-refractivity contribution in [2.75, 3.05) is 105 Å². The second-order valence-electron chi connectivity index (χ2n) is 15.3. The highest BCUT2D eigenvalue weighted by Crippen LogP contribution is 2.29. The Morgan fingerprint density at radius 1 is 0.571 bits per heavy atom. The standard InChI is InChI=1S/C46H63N3O14/c1-10-37(50)58-29-44(30-59-38(51)11-2,31-60-39(52)12-3)27-57-28-45(32-61-40(53)13-4,33-62-41(54)14-5)34-63-42(55)21-22-48-23-25-49(26-24-48)36-19-17-35(18-20-36)43(56)46(15-6,16-7)47(8)9/h10-14,17-20H,1-5,15-16,21-34H2,6-9H3. The zero-order valence-electron chi connectivity index (χ0n) is 37.1. The van der Waals surface area contributed by atoms with Crippen LogP contribution < -0.4 is 4.90 Å². The van der Waals surface area contributed by atoms with Crippen molar-refractivity contribution in [3.05, 3.63) is 93.1 Å². The van der Waals surface area contributed by atoms with Crippen LogP contribution in [-0.2, 0) is 61.9 Å². The minimum atomic E-state index is -1.53. The van der Waals surface area contributed by atoms with E-state index < -0.39 is 105 Å². The number of nitrogens with zero attached hydrogens (tertiary/aromatic N) is 3. The van der Waals surface area contributed by atoms with E-state index in [2.05, 4.69) is 42.7 Å². The quantitative estimate of drug-likeness (QED) is 0.0470. The second kappa shape index (κ2) is 26.5. The lowest BCUT2D eigenvalue weighted by Gasteiger charge is -2.37. The fraction of sp³-hybridized carbons (Fsp3) is 0.500. The zero-order valence-corrected chi connectivity index (χ0v) is 37.1. The van der Waals surface area contributed by atoms with Gasteiger partial charge in [-0.25, -0.2) is 24.0 Å². The van der Waals surface area contributed by atoms with E-state index in [9.17, 15) is 33.6 Å². The monoisotopic (exact) mass is 881 g/mol. The van der Waals surface area contributed by atoms with Crippen molar-refractivity contribution in [1.29, 1.82) is 0 Å². The summed E-state index contributed by atoms with van der Waals surface area (Å²) in [5.41, 5.74) is -1.96. The van der Waals surface area contributed by atoms with Gasteiger partial charge in [0.05, 0.1) is 36.0 Å².